The highest BCUT2D eigenvalue weighted by molar-refractivity contribution is 5.79. The summed E-state index contributed by atoms with van der Waals surface area (Å²) >= 11 is 0. The topological polar surface area (TPSA) is 121 Å². The van der Waals surface area contributed by atoms with Crippen LogP contribution in [0.15, 0.2) is 0 Å². The molecule has 0 spiro atoms. The Kier molecular flexibility index (Phi) is 8.27. The number of hydrazine groups is 4. The molecule has 0 aliphatic carbocycles. The largest absolute Gasteiger partial charge is 0.452 e. The number of carbonyl (C=O) groups excluding carboxylic acids is 3. The van der Waals surface area contributed by atoms with E-state index in [2.05, 4.69) is 0 Å². The first-order chi connectivity index (χ1) is 12.9. The second kappa shape index (κ2) is 9.75. The van der Waals surface area contributed by atoms with Crippen molar-refractivity contribution in [2.45, 2.75) is 79.8 Å². The molecule has 1 radical (unpaired) electrons. The highest BCUT2D eigenvalue weighted by atomic mass is 16.7. The highest BCUT2D eigenvalue weighted by Gasteiger charge is 2.60. The van der Waals surface area contributed by atoms with Gasteiger partial charge in [-0.05, 0) is 60.5 Å². The molecule has 0 bridgehead atoms. The summed E-state index contributed by atoms with van der Waals surface area (Å²) in [5, 5.41) is 12.5. The Bertz CT molecular complexity index is 539. The van der Waals surface area contributed by atoms with Gasteiger partial charge in [-0.25, -0.2) is 14.4 Å². The third-order valence-electron chi connectivity index (χ3n) is 2.73. The van der Waals surface area contributed by atoms with Gasteiger partial charge in [0.05, 0.1) is 24.4 Å². The number of carbonyl (C=O) groups is 3. The zero-order valence-corrected chi connectivity index (χ0v) is 17.4. The van der Waals surface area contributed by atoms with Gasteiger partial charge in [-0.2, -0.15) is 0 Å². The van der Waals surface area contributed by atoms with Gasteiger partial charge >= 0.3 is 24.7 Å². The number of aliphatic hydroxyl groups excluding tert-OH is 1. The molecule has 1 aliphatic rings. The minimum atomic E-state index is -1.06. The van der Waals surface area contributed by atoms with Gasteiger partial charge in [0, 0.05) is 0 Å². The maximum Gasteiger partial charge on any atom is 0.452 e. The molecule has 0 aromatic carbocycles. The summed E-state index contributed by atoms with van der Waals surface area (Å²) in [4.78, 5) is 37.4. The van der Waals surface area contributed by atoms with Gasteiger partial charge < -0.3 is 24.1 Å². The Labute approximate surface area is 164 Å². The SMILES string of the molecule is CC(C)O[C](O)N1N(C(=O)OC(C)C)N(C(=O)OC(C)C)N1C(=O)OC(C)C. The van der Waals surface area contributed by atoms with Crippen LogP contribution in [-0.2, 0) is 18.9 Å². The van der Waals surface area contributed by atoms with E-state index in [1.807, 2.05) is 0 Å². The number of amides is 3. The van der Waals surface area contributed by atoms with Gasteiger partial charge in [0.1, 0.15) is 0 Å². The van der Waals surface area contributed by atoms with Crippen LogP contribution in [0.5, 0.6) is 0 Å². The molecule has 3 amide bonds. The van der Waals surface area contributed by atoms with Crippen molar-refractivity contribution >= 4 is 18.3 Å². The number of hydrogen-bond acceptors (Lipinski definition) is 9. The molecule has 1 fully saturated rings. The van der Waals surface area contributed by atoms with Crippen molar-refractivity contribution < 1.29 is 38.4 Å². The van der Waals surface area contributed by atoms with Gasteiger partial charge in [0.25, 0.3) is 0 Å². The molecule has 1 N–H and O–H groups in total. The number of nitrogens with zero attached hydrogens (tertiary/aromatic N) is 4. The normalized spacial score (nSPS) is 15.0. The molecule has 0 atom stereocenters. The van der Waals surface area contributed by atoms with Crippen LogP contribution in [0.25, 0.3) is 0 Å². The predicted molar refractivity (Wildman–Crippen MR) is 93.6 cm³/mol. The van der Waals surface area contributed by atoms with Gasteiger partial charge in [-0.3, -0.25) is 0 Å². The fourth-order valence-corrected chi connectivity index (χ4v) is 1.92. The van der Waals surface area contributed by atoms with E-state index < -0.39 is 49.1 Å². The molecule has 0 saturated carbocycles. The molecule has 0 aromatic heterocycles. The minimum Gasteiger partial charge on any atom is -0.444 e. The Hall–Kier alpha value is -2.31. The van der Waals surface area contributed by atoms with Gasteiger partial charge in [0.15, 0.2) is 0 Å². The van der Waals surface area contributed by atoms with Crippen LogP contribution in [0, 0.1) is 6.41 Å². The number of rotatable bonds is 6. The van der Waals surface area contributed by atoms with Crippen molar-refractivity contribution in [2.75, 3.05) is 0 Å². The standard InChI is InChI=1S/C16H29N4O8/c1-9(2)25-13(21)17-18(14(22)26-10(3)4)20(16(24)28-12(7)8)19(17)15(23)27-11(5)6/h9-12,21H,1-8H3. The van der Waals surface area contributed by atoms with E-state index in [1.165, 1.54) is 0 Å². The van der Waals surface area contributed by atoms with Gasteiger partial charge in [0.2, 0.25) is 0 Å². The Morgan fingerprint density at radius 1 is 0.536 bits per heavy atom. The van der Waals surface area contributed by atoms with Crippen molar-refractivity contribution in [2.24, 2.45) is 0 Å². The minimum absolute atomic E-state index is 0.498. The van der Waals surface area contributed by atoms with E-state index in [0.717, 1.165) is 0 Å². The first-order valence-electron chi connectivity index (χ1n) is 8.91. The summed E-state index contributed by atoms with van der Waals surface area (Å²) in [5.74, 6) is 0. The smallest absolute Gasteiger partial charge is 0.444 e. The summed E-state index contributed by atoms with van der Waals surface area (Å²) in [6, 6.07) is 0. The lowest BCUT2D eigenvalue weighted by Crippen LogP contribution is -2.82. The molecular weight excluding hydrogens is 376 g/mol. The number of ether oxygens (including phenoxy) is 4. The second-order valence-corrected chi connectivity index (χ2v) is 6.90. The number of hydrogen-bond donors (Lipinski definition) is 1. The lowest BCUT2D eigenvalue weighted by atomic mass is 10.5. The maximum absolute atomic E-state index is 12.5. The van der Waals surface area contributed by atoms with E-state index in [9.17, 15) is 19.5 Å². The molecule has 1 rings (SSSR count). The summed E-state index contributed by atoms with van der Waals surface area (Å²) in [6.07, 6.45) is -6.13. The van der Waals surface area contributed by atoms with Crippen molar-refractivity contribution in [3.05, 3.63) is 6.41 Å². The van der Waals surface area contributed by atoms with Crippen LogP contribution in [-0.4, -0.2) is 68.3 Å². The monoisotopic (exact) mass is 405 g/mol. The molecule has 0 unspecified atom stereocenters. The summed E-state index contributed by atoms with van der Waals surface area (Å²) in [5.41, 5.74) is 0. The van der Waals surface area contributed by atoms with Crippen LogP contribution in [0.2, 0.25) is 0 Å². The lowest BCUT2D eigenvalue weighted by molar-refractivity contribution is -0.470. The third-order valence-corrected chi connectivity index (χ3v) is 2.73. The summed E-state index contributed by atoms with van der Waals surface area (Å²) < 4.78 is 20.4. The number of aliphatic hydroxyl groups is 1. The molecule has 0 aromatic rings. The van der Waals surface area contributed by atoms with Crippen molar-refractivity contribution in [1.82, 2.24) is 20.5 Å². The van der Waals surface area contributed by atoms with Crippen LogP contribution in [0.3, 0.4) is 0 Å². The Balaban J connectivity index is 3.27. The first kappa shape index (κ1) is 23.7. The molecular formula is C16H29N4O8. The van der Waals surface area contributed by atoms with Gasteiger partial charge in [-0.15, -0.1) is 0 Å². The second-order valence-electron chi connectivity index (χ2n) is 6.90. The van der Waals surface area contributed by atoms with E-state index in [-0.39, 0.29) is 0 Å². The van der Waals surface area contributed by atoms with E-state index in [0.29, 0.717) is 20.5 Å². The molecule has 161 valence electrons. The highest BCUT2D eigenvalue weighted by Crippen LogP contribution is 2.32. The Morgan fingerprint density at radius 2 is 0.786 bits per heavy atom. The van der Waals surface area contributed by atoms with Crippen LogP contribution in [0.4, 0.5) is 14.4 Å². The zero-order chi connectivity index (χ0) is 21.8. The maximum atomic E-state index is 12.5. The molecule has 1 heterocycles. The van der Waals surface area contributed by atoms with Gasteiger partial charge in [-0.1, -0.05) is 15.4 Å². The zero-order valence-electron chi connectivity index (χ0n) is 17.4. The van der Waals surface area contributed by atoms with Crippen molar-refractivity contribution in [1.29, 1.82) is 0 Å². The average Bonchev–Trinajstić information content (AvgIpc) is 2.42. The van der Waals surface area contributed by atoms with Crippen molar-refractivity contribution in [3.8, 4) is 0 Å². The molecule has 1 aliphatic heterocycles. The molecule has 1 saturated heterocycles. The Morgan fingerprint density at radius 3 is 1.04 bits per heavy atom. The predicted octanol–water partition coefficient (Wildman–Crippen LogP) is 2.75. The molecule has 28 heavy (non-hydrogen) atoms. The van der Waals surface area contributed by atoms with E-state index in [4.69, 9.17) is 18.9 Å². The van der Waals surface area contributed by atoms with E-state index in [1.54, 1.807) is 55.4 Å². The lowest BCUT2D eigenvalue weighted by Gasteiger charge is -2.55. The van der Waals surface area contributed by atoms with Crippen molar-refractivity contribution in [3.63, 3.8) is 0 Å². The quantitative estimate of drug-likeness (QED) is 0.665. The van der Waals surface area contributed by atoms with E-state index >= 15 is 0 Å². The van der Waals surface area contributed by atoms with Crippen LogP contribution < -0.4 is 0 Å². The average molecular weight is 405 g/mol. The van der Waals surface area contributed by atoms with Crippen LogP contribution >= 0.6 is 0 Å². The summed E-state index contributed by atoms with van der Waals surface area (Å²) in [7, 11) is 0. The van der Waals surface area contributed by atoms with Crippen LogP contribution in [0.1, 0.15) is 55.4 Å². The summed E-state index contributed by atoms with van der Waals surface area (Å²) in [6.45, 7) is 12.8. The fourth-order valence-electron chi connectivity index (χ4n) is 1.92. The molecule has 12 nitrogen and oxygen atoms in total. The first-order valence-corrected chi connectivity index (χ1v) is 8.91. The molecule has 12 heteroatoms. The third kappa shape index (κ3) is 5.84. The fraction of sp³-hybridized carbons (Fsp3) is 0.750.